The molecule has 0 amide bonds. The van der Waals surface area contributed by atoms with Gasteiger partial charge in [0.1, 0.15) is 10.0 Å². The molecule has 2 aromatic rings. The molecule has 2 N–H and O–H groups in total. The monoisotopic (exact) mass is 335 g/mol. The molecule has 8 heteroatoms. The average Bonchev–Trinajstić information content (AvgIpc) is 2.84. The number of rotatable bonds is 5. The van der Waals surface area contributed by atoms with Crippen molar-refractivity contribution in [3.8, 4) is 0 Å². The zero-order chi connectivity index (χ0) is 14.8. The number of halogens is 2. The van der Waals surface area contributed by atoms with Crippen LogP contribution in [-0.4, -0.2) is 20.1 Å². The number of aliphatic hydroxyl groups is 1. The summed E-state index contributed by atoms with van der Waals surface area (Å²) in [5.41, 5.74) is 0.429. The molecule has 2 rings (SSSR count). The van der Waals surface area contributed by atoms with Crippen LogP contribution in [0, 0.1) is 5.82 Å². The van der Waals surface area contributed by atoms with E-state index in [-0.39, 0.29) is 10.8 Å². The zero-order valence-electron chi connectivity index (χ0n) is 10.1. The third-order valence-corrected chi connectivity index (χ3v) is 5.68. The maximum atomic E-state index is 12.7. The van der Waals surface area contributed by atoms with Crippen LogP contribution in [0.25, 0.3) is 0 Å². The van der Waals surface area contributed by atoms with Gasteiger partial charge in [-0.2, -0.15) is 0 Å². The maximum Gasteiger partial charge on any atom is 0.250 e. The highest BCUT2D eigenvalue weighted by Crippen LogP contribution is 2.25. The number of benzene rings is 1. The SMILES string of the molecule is O=S(=O)(NCC(O)c1ccc(F)cc1)c1ccc(Cl)s1. The first-order chi connectivity index (χ1) is 9.38. The highest BCUT2D eigenvalue weighted by Gasteiger charge is 2.18. The van der Waals surface area contributed by atoms with Crippen LogP contribution in [0.3, 0.4) is 0 Å². The topological polar surface area (TPSA) is 66.4 Å². The van der Waals surface area contributed by atoms with E-state index in [9.17, 15) is 17.9 Å². The summed E-state index contributed by atoms with van der Waals surface area (Å²) in [6, 6.07) is 8.07. The Labute approximate surface area is 124 Å². The van der Waals surface area contributed by atoms with Crippen LogP contribution in [0.4, 0.5) is 4.39 Å². The third-order valence-electron chi connectivity index (χ3n) is 2.53. The molecule has 20 heavy (non-hydrogen) atoms. The molecular weight excluding hydrogens is 325 g/mol. The Hall–Kier alpha value is -0.990. The van der Waals surface area contributed by atoms with Crippen molar-refractivity contribution in [2.75, 3.05) is 6.54 Å². The van der Waals surface area contributed by atoms with Crippen molar-refractivity contribution in [3.05, 3.63) is 52.1 Å². The molecule has 0 fully saturated rings. The van der Waals surface area contributed by atoms with Crippen molar-refractivity contribution in [1.82, 2.24) is 4.72 Å². The largest absolute Gasteiger partial charge is 0.387 e. The fourth-order valence-corrected chi connectivity index (χ4v) is 4.07. The maximum absolute atomic E-state index is 12.7. The van der Waals surface area contributed by atoms with Crippen LogP contribution in [0.15, 0.2) is 40.6 Å². The van der Waals surface area contributed by atoms with E-state index in [0.717, 1.165) is 11.3 Å². The Kier molecular flexibility index (Phi) is 4.77. The molecule has 1 atom stereocenters. The van der Waals surface area contributed by atoms with Gasteiger partial charge in [-0.15, -0.1) is 11.3 Å². The van der Waals surface area contributed by atoms with E-state index < -0.39 is 21.9 Å². The van der Waals surface area contributed by atoms with Gasteiger partial charge in [0, 0.05) is 6.54 Å². The van der Waals surface area contributed by atoms with Gasteiger partial charge in [-0.3, -0.25) is 0 Å². The highest BCUT2D eigenvalue weighted by molar-refractivity contribution is 7.91. The average molecular weight is 336 g/mol. The van der Waals surface area contributed by atoms with Crippen molar-refractivity contribution < 1.29 is 17.9 Å². The molecule has 1 heterocycles. The smallest absolute Gasteiger partial charge is 0.250 e. The van der Waals surface area contributed by atoms with Gasteiger partial charge in [0.25, 0.3) is 0 Å². The van der Waals surface area contributed by atoms with E-state index >= 15 is 0 Å². The van der Waals surface area contributed by atoms with Crippen LogP contribution >= 0.6 is 22.9 Å². The van der Waals surface area contributed by atoms with Gasteiger partial charge >= 0.3 is 0 Å². The number of aliphatic hydroxyl groups excluding tert-OH is 1. The molecule has 0 spiro atoms. The molecule has 4 nitrogen and oxygen atoms in total. The molecule has 1 aromatic carbocycles. The number of thiophene rings is 1. The predicted octanol–water partition coefficient (Wildman–Crippen LogP) is 2.55. The summed E-state index contributed by atoms with van der Waals surface area (Å²) in [7, 11) is -3.70. The Morgan fingerprint density at radius 3 is 2.45 bits per heavy atom. The summed E-state index contributed by atoms with van der Waals surface area (Å²) in [6.45, 7) is -0.205. The van der Waals surface area contributed by atoms with Crippen molar-refractivity contribution in [3.63, 3.8) is 0 Å². The number of sulfonamides is 1. The number of hydrogen-bond donors (Lipinski definition) is 2. The molecular formula is C12H11ClFNO3S2. The van der Waals surface area contributed by atoms with Gasteiger partial charge in [-0.25, -0.2) is 17.5 Å². The third kappa shape index (κ3) is 3.77. The molecule has 0 aliphatic heterocycles. The van der Waals surface area contributed by atoms with E-state index in [0.29, 0.717) is 9.90 Å². The van der Waals surface area contributed by atoms with Crippen LogP contribution in [0.1, 0.15) is 11.7 Å². The lowest BCUT2D eigenvalue weighted by Crippen LogP contribution is -2.28. The van der Waals surface area contributed by atoms with Crippen molar-refractivity contribution in [2.45, 2.75) is 10.3 Å². The normalized spacial score (nSPS) is 13.3. The van der Waals surface area contributed by atoms with Gasteiger partial charge in [-0.05, 0) is 29.8 Å². The second-order valence-electron chi connectivity index (χ2n) is 3.98. The van der Waals surface area contributed by atoms with E-state index in [1.54, 1.807) is 0 Å². The first-order valence-corrected chi connectivity index (χ1v) is 8.25. The number of nitrogens with one attached hydrogen (secondary N) is 1. The summed E-state index contributed by atoms with van der Waals surface area (Å²) >= 11 is 6.61. The minimum Gasteiger partial charge on any atom is -0.387 e. The van der Waals surface area contributed by atoms with E-state index in [4.69, 9.17) is 11.6 Å². The van der Waals surface area contributed by atoms with Crippen molar-refractivity contribution >= 4 is 33.0 Å². The van der Waals surface area contributed by atoms with Crippen LogP contribution in [0.5, 0.6) is 0 Å². The molecule has 0 aliphatic carbocycles. The number of hydrogen-bond acceptors (Lipinski definition) is 4. The predicted molar refractivity (Wildman–Crippen MR) is 75.9 cm³/mol. The first kappa shape index (κ1) is 15.4. The molecule has 0 saturated heterocycles. The van der Waals surface area contributed by atoms with Crippen molar-refractivity contribution in [2.24, 2.45) is 0 Å². The van der Waals surface area contributed by atoms with Gasteiger partial charge in [-0.1, -0.05) is 23.7 Å². The second kappa shape index (κ2) is 6.19. The summed E-state index contributed by atoms with van der Waals surface area (Å²) in [4.78, 5) is 0. The molecule has 1 unspecified atom stereocenters. The molecule has 108 valence electrons. The molecule has 1 aromatic heterocycles. The Bertz CT molecular complexity index is 685. The van der Waals surface area contributed by atoms with Crippen LogP contribution in [0.2, 0.25) is 4.34 Å². The standard InChI is InChI=1S/C12H11ClFNO3S2/c13-11-5-6-12(19-11)20(17,18)15-7-10(16)8-1-3-9(14)4-2-8/h1-6,10,15-16H,7H2. The lowest BCUT2D eigenvalue weighted by Gasteiger charge is -2.11. The zero-order valence-corrected chi connectivity index (χ0v) is 12.5. The lowest BCUT2D eigenvalue weighted by atomic mass is 10.1. The Balaban J connectivity index is 2.03. The summed E-state index contributed by atoms with van der Waals surface area (Å²) in [6.07, 6.45) is -1.05. The fraction of sp³-hybridized carbons (Fsp3) is 0.167. The van der Waals surface area contributed by atoms with Gasteiger partial charge < -0.3 is 5.11 Å². The molecule has 0 radical (unpaired) electrons. The van der Waals surface area contributed by atoms with Gasteiger partial charge in [0.15, 0.2) is 0 Å². The van der Waals surface area contributed by atoms with Crippen LogP contribution in [-0.2, 0) is 10.0 Å². The molecule has 0 saturated carbocycles. The van der Waals surface area contributed by atoms with E-state index in [1.807, 2.05) is 0 Å². The second-order valence-corrected chi connectivity index (χ2v) is 7.69. The van der Waals surface area contributed by atoms with E-state index in [1.165, 1.54) is 36.4 Å². The molecule has 0 bridgehead atoms. The minimum atomic E-state index is -3.70. The Morgan fingerprint density at radius 1 is 1.25 bits per heavy atom. The Morgan fingerprint density at radius 2 is 1.90 bits per heavy atom. The quantitative estimate of drug-likeness (QED) is 0.882. The van der Waals surface area contributed by atoms with E-state index in [2.05, 4.69) is 4.72 Å². The lowest BCUT2D eigenvalue weighted by molar-refractivity contribution is 0.182. The highest BCUT2D eigenvalue weighted by atomic mass is 35.5. The van der Waals surface area contributed by atoms with Gasteiger partial charge in [0.05, 0.1) is 10.4 Å². The van der Waals surface area contributed by atoms with Gasteiger partial charge in [0.2, 0.25) is 10.0 Å². The summed E-state index contributed by atoms with van der Waals surface area (Å²) in [5.74, 6) is -0.422. The molecule has 0 aliphatic rings. The van der Waals surface area contributed by atoms with Crippen LogP contribution < -0.4 is 4.72 Å². The summed E-state index contributed by atoms with van der Waals surface area (Å²) < 4.78 is 39.3. The first-order valence-electron chi connectivity index (χ1n) is 5.57. The summed E-state index contributed by atoms with van der Waals surface area (Å²) in [5, 5.41) is 9.85. The fourth-order valence-electron chi connectivity index (χ4n) is 1.50. The van der Waals surface area contributed by atoms with Crippen molar-refractivity contribution in [1.29, 1.82) is 0 Å². The minimum absolute atomic E-state index is 0.0776.